The van der Waals surface area contributed by atoms with Gasteiger partial charge in [-0.05, 0) is 18.6 Å². The van der Waals surface area contributed by atoms with Crippen LogP contribution in [0.2, 0.25) is 0 Å². The highest BCUT2D eigenvalue weighted by Gasteiger charge is 2.48. The predicted molar refractivity (Wildman–Crippen MR) is 75.0 cm³/mol. The van der Waals surface area contributed by atoms with E-state index in [0.29, 0.717) is 12.1 Å². The molecular formula is C15H21N3O. The van der Waals surface area contributed by atoms with Crippen LogP contribution in [0, 0.1) is 5.41 Å². The van der Waals surface area contributed by atoms with Gasteiger partial charge in [-0.3, -0.25) is 0 Å². The highest BCUT2D eigenvalue weighted by Crippen LogP contribution is 2.42. The Bertz CT molecular complexity index is 543. The number of rotatable bonds is 4. The molecule has 1 saturated carbocycles. The summed E-state index contributed by atoms with van der Waals surface area (Å²) in [6, 6.07) is 6.56. The first-order valence-corrected chi connectivity index (χ1v) is 6.80. The van der Waals surface area contributed by atoms with Crippen LogP contribution in [-0.2, 0) is 11.3 Å². The van der Waals surface area contributed by atoms with E-state index < -0.39 is 0 Å². The zero-order valence-corrected chi connectivity index (χ0v) is 11.8. The van der Waals surface area contributed by atoms with Gasteiger partial charge in [-0.25, -0.2) is 4.98 Å². The quantitative estimate of drug-likeness (QED) is 0.915. The molecule has 1 fully saturated rings. The second-order valence-corrected chi connectivity index (χ2v) is 5.91. The zero-order chi connectivity index (χ0) is 13.5. The standard InChI is InChI=1S/C15H21N3O/c1-15(2)12(8-13(15)19-3)16-9-11-10-18-7-5-4-6-14(18)17-11/h4-7,10,12-13,16H,8-9H2,1-3H3. The Hall–Kier alpha value is -1.39. The van der Waals surface area contributed by atoms with Crippen LogP contribution < -0.4 is 5.32 Å². The average Bonchev–Trinajstić information content (AvgIpc) is 2.80. The summed E-state index contributed by atoms with van der Waals surface area (Å²) in [5.41, 5.74) is 2.29. The lowest BCUT2D eigenvalue weighted by Crippen LogP contribution is -2.60. The summed E-state index contributed by atoms with van der Waals surface area (Å²) >= 11 is 0. The number of aromatic nitrogens is 2. The van der Waals surface area contributed by atoms with E-state index >= 15 is 0 Å². The molecule has 2 unspecified atom stereocenters. The van der Waals surface area contributed by atoms with Crippen molar-refractivity contribution in [3.8, 4) is 0 Å². The van der Waals surface area contributed by atoms with Gasteiger partial charge in [0.25, 0.3) is 0 Å². The second-order valence-electron chi connectivity index (χ2n) is 5.91. The molecule has 0 aliphatic heterocycles. The third kappa shape index (κ3) is 2.15. The number of pyridine rings is 1. The fourth-order valence-electron chi connectivity index (χ4n) is 2.93. The van der Waals surface area contributed by atoms with Crippen LogP contribution in [0.1, 0.15) is 26.0 Å². The molecule has 1 N–H and O–H groups in total. The number of fused-ring (bicyclic) bond motifs is 1. The smallest absolute Gasteiger partial charge is 0.137 e. The van der Waals surface area contributed by atoms with Crippen molar-refractivity contribution in [1.29, 1.82) is 0 Å². The van der Waals surface area contributed by atoms with E-state index in [0.717, 1.165) is 24.3 Å². The molecule has 0 bridgehead atoms. The van der Waals surface area contributed by atoms with Crippen LogP contribution in [0.4, 0.5) is 0 Å². The second kappa shape index (κ2) is 4.62. The first-order chi connectivity index (χ1) is 9.11. The minimum Gasteiger partial charge on any atom is -0.381 e. The van der Waals surface area contributed by atoms with E-state index in [1.165, 1.54) is 0 Å². The summed E-state index contributed by atoms with van der Waals surface area (Å²) in [6.07, 6.45) is 5.56. The maximum Gasteiger partial charge on any atom is 0.137 e. The van der Waals surface area contributed by atoms with Gasteiger partial charge in [-0.15, -0.1) is 0 Å². The molecule has 0 aromatic carbocycles. The molecule has 2 atom stereocenters. The monoisotopic (exact) mass is 259 g/mol. The number of ether oxygens (including phenoxy) is 1. The van der Waals surface area contributed by atoms with Crippen LogP contribution in [-0.4, -0.2) is 28.6 Å². The molecule has 0 radical (unpaired) electrons. The van der Waals surface area contributed by atoms with Gasteiger partial charge in [0.1, 0.15) is 5.65 Å². The van der Waals surface area contributed by atoms with E-state index in [9.17, 15) is 0 Å². The Balaban J connectivity index is 1.64. The van der Waals surface area contributed by atoms with Gasteiger partial charge in [0.05, 0.1) is 11.8 Å². The van der Waals surface area contributed by atoms with Crippen LogP contribution in [0.25, 0.3) is 5.65 Å². The number of nitrogens with zero attached hydrogens (tertiary/aromatic N) is 2. The van der Waals surface area contributed by atoms with Gasteiger partial charge in [-0.1, -0.05) is 19.9 Å². The van der Waals surface area contributed by atoms with E-state index in [4.69, 9.17) is 4.74 Å². The van der Waals surface area contributed by atoms with Gasteiger partial charge >= 0.3 is 0 Å². The maximum absolute atomic E-state index is 5.47. The normalized spacial score (nSPS) is 25.4. The molecule has 2 aromatic rings. The number of hydrogen-bond acceptors (Lipinski definition) is 3. The van der Waals surface area contributed by atoms with Gasteiger partial charge < -0.3 is 14.5 Å². The van der Waals surface area contributed by atoms with Crippen molar-refractivity contribution in [2.45, 2.75) is 39.0 Å². The molecule has 1 aliphatic rings. The SMILES string of the molecule is COC1CC(NCc2cn3ccccc3n2)C1(C)C. The molecule has 102 valence electrons. The maximum atomic E-state index is 5.47. The van der Waals surface area contributed by atoms with Crippen molar-refractivity contribution >= 4 is 5.65 Å². The van der Waals surface area contributed by atoms with Crippen LogP contribution >= 0.6 is 0 Å². The van der Waals surface area contributed by atoms with Gasteiger partial charge in [0.15, 0.2) is 0 Å². The van der Waals surface area contributed by atoms with Crippen molar-refractivity contribution in [3.05, 3.63) is 36.3 Å². The molecule has 0 amide bonds. The summed E-state index contributed by atoms with van der Waals surface area (Å²) in [5.74, 6) is 0. The fourth-order valence-corrected chi connectivity index (χ4v) is 2.93. The summed E-state index contributed by atoms with van der Waals surface area (Å²) < 4.78 is 7.53. The van der Waals surface area contributed by atoms with Crippen LogP contribution in [0.5, 0.6) is 0 Å². The molecule has 3 rings (SSSR count). The van der Waals surface area contributed by atoms with Crippen molar-refractivity contribution in [3.63, 3.8) is 0 Å². The fraction of sp³-hybridized carbons (Fsp3) is 0.533. The Morgan fingerprint density at radius 1 is 1.47 bits per heavy atom. The van der Waals surface area contributed by atoms with E-state index in [-0.39, 0.29) is 5.41 Å². The average molecular weight is 259 g/mol. The Labute approximate surface area is 113 Å². The number of imidazole rings is 1. The summed E-state index contributed by atoms with van der Waals surface area (Å²) in [5, 5.41) is 3.60. The van der Waals surface area contributed by atoms with Crippen LogP contribution in [0.15, 0.2) is 30.6 Å². The highest BCUT2D eigenvalue weighted by atomic mass is 16.5. The van der Waals surface area contributed by atoms with E-state index in [1.54, 1.807) is 7.11 Å². The number of hydrogen-bond donors (Lipinski definition) is 1. The summed E-state index contributed by atoms with van der Waals surface area (Å²) in [6.45, 7) is 5.32. The first kappa shape index (κ1) is 12.6. The Morgan fingerprint density at radius 3 is 3.00 bits per heavy atom. The van der Waals surface area contributed by atoms with Crippen LogP contribution in [0.3, 0.4) is 0 Å². The molecular weight excluding hydrogens is 238 g/mol. The molecule has 19 heavy (non-hydrogen) atoms. The Morgan fingerprint density at radius 2 is 2.32 bits per heavy atom. The first-order valence-electron chi connectivity index (χ1n) is 6.80. The third-order valence-corrected chi connectivity index (χ3v) is 4.41. The molecule has 4 heteroatoms. The lowest BCUT2D eigenvalue weighted by molar-refractivity contribution is -0.0979. The van der Waals surface area contributed by atoms with Gasteiger partial charge in [-0.2, -0.15) is 0 Å². The highest BCUT2D eigenvalue weighted by molar-refractivity contribution is 5.39. The minimum absolute atomic E-state index is 0.202. The number of methoxy groups -OCH3 is 1. The largest absolute Gasteiger partial charge is 0.381 e. The van der Waals surface area contributed by atoms with Gasteiger partial charge in [0, 0.05) is 37.5 Å². The van der Waals surface area contributed by atoms with Crippen molar-refractivity contribution < 1.29 is 4.74 Å². The molecule has 0 saturated heterocycles. The van der Waals surface area contributed by atoms with E-state index in [2.05, 4.69) is 34.7 Å². The van der Waals surface area contributed by atoms with Crippen molar-refractivity contribution in [2.24, 2.45) is 5.41 Å². The topological polar surface area (TPSA) is 38.6 Å². The summed E-state index contributed by atoms with van der Waals surface area (Å²) in [4.78, 5) is 4.60. The predicted octanol–water partition coefficient (Wildman–Crippen LogP) is 2.24. The molecule has 2 aromatic heterocycles. The van der Waals surface area contributed by atoms with E-state index in [1.807, 2.05) is 24.4 Å². The summed E-state index contributed by atoms with van der Waals surface area (Å²) in [7, 11) is 1.80. The van der Waals surface area contributed by atoms with Crippen molar-refractivity contribution in [2.75, 3.05) is 7.11 Å². The van der Waals surface area contributed by atoms with Gasteiger partial charge in [0.2, 0.25) is 0 Å². The minimum atomic E-state index is 0.202. The zero-order valence-electron chi connectivity index (χ0n) is 11.8. The number of nitrogens with one attached hydrogen (secondary N) is 1. The Kier molecular flexibility index (Phi) is 3.07. The lowest BCUT2D eigenvalue weighted by Gasteiger charge is -2.51. The third-order valence-electron chi connectivity index (χ3n) is 4.41. The molecule has 1 aliphatic carbocycles. The van der Waals surface area contributed by atoms with Crippen molar-refractivity contribution in [1.82, 2.24) is 14.7 Å². The lowest BCUT2D eigenvalue weighted by atomic mass is 9.64. The molecule has 0 spiro atoms. The molecule has 2 heterocycles. The molecule has 4 nitrogen and oxygen atoms in total.